The standard InChI is InChI=1S/C16H17N3O6S/c1-24-13(21)7-17-12(20)9-26-16-18-11-6-4-3-5-10(11)15(23)19(16)8-14(22)25-2/h3-6H,7-9H2,1-2H3,(H,17,20). The van der Waals surface area contributed by atoms with Gasteiger partial charge in [-0.2, -0.15) is 0 Å². The second kappa shape index (κ2) is 8.99. The van der Waals surface area contributed by atoms with Crippen LogP contribution in [0.2, 0.25) is 0 Å². The van der Waals surface area contributed by atoms with Crippen molar-refractivity contribution in [1.82, 2.24) is 14.9 Å². The molecule has 10 heteroatoms. The number of carbonyl (C=O) groups is 3. The number of thioether (sulfide) groups is 1. The molecule has 0 aliphatic heterocycles. The molecule has 1 heterocycles. The molecule has 1 amide bonds. The molecule has 1 aromatic carbocycles. The minimum absolute atomic E-state index is 0.0943. The van der Waals surface area contributed by atoms with Crippen LogP contribution in [0.5, 0.6) is 0 Å². The van der Waals surface area contributed by atoms with Crippen LogP contribution >= 0.6 is 11.8 Å². The van der Waals surface area contributed by atoms with E-state index in [2.05, 4.69) is 19.8 Å². The molecule has 0 unspecified atom stereocenters. The van der Waals surface area contributed by atoms with Crippen molar-refractivity contribution < 1.29 is 23.9 Å². The number of para-hydroxylation sites is 1. The Morgan fingerprint density at radius 3 is 2.54 bits per heavy atom. The maximum Gasteiger partial charge on any atom is 0.325 e. The average molecular weight is 379 g/mol. The molecule has 9 nitrogen and oxygen atoms in total. The Balaban J connectivity index is 2.25. The minimum atomic E-state index is -0.610. The van der Waals surface area contributed by atoms with Crippen LogP contribution in [0, 0.1) is 0 Å². The molecule has 2 aromatic rings. The second-order valence-electron chi connectivity index (χ2n) is 5.02. The third kappa shape index (κ3) is 4.82. The quantitative estimate of drug-likeness (QED) is 0.404. The van der Waals surface area contributed by atoms with Crippen molar-refractivity contribution in [1.29, 1.82) is 0 Å². The van der Waals surface area contributed by atoms with E-state index in [0.29, 0.717) is 10.9 Å². The summed E-state index contributed by atoms with van der Waals surface area (Å²) in [6.45, 7) is -0.574. The molecular weight excluding hydrogens is 362 g/mol. The van der Waals surface area contributed by atoms with Crippen LogP contribution in [0.3, 0.4) is 0 Å². The van der Waals surface area contributed by atoms with Crippen LogP contribution in [-0.4, -0.2) is 53.9 Å². The first-order valence-electron chi connectivity index (χ1n) is 7.49. The van der Waals surface area contributed by atoms with Gasteiger partial charge in [0.05, 0.1) is 30.9 Å². The number of rotatable bonds is 7. The van der Waals surface area contributed by atoms with E-state index in [-0.39, 0.29) is 24.0 Å². The molecule has 0 spiro atoms. The predicted octanol–water partition coefficient (Wildman–Crippen LogP) is -0.0492. The van der Waals surface area contributed by atoms with Crippen LogP contribution in [0.1, 0.15) is 0 Å². The Labute approximate surface area is 152 Å². The summed E-state index contributed by atoms with van der Waals surface area (Å²) in [5.41, 5.74) is 0.0505. The van der Waals surface area contributed by atoms with E-state index >= 15 is 0 Å². The summed E-state index contributed by atoms with van der Waals surface area (Å²) in [7, 11) is 2.43. The Morgan fingerprint density at radius 2 is 1.85 bits per heavy atom. The number of hydrogen-bond acceptors (Lipinski definition) is 8. The molecule has 0 fully saturated rings. The number of ether oxygens (including phenoxy) is 2. The fourth-order valence-electron chi connectivity index (χ4n) is 2.01. The molecule has 1 N–H and O–H groups in total. The van der Waals surface area contributed by atoms with Gasteiger partial charge in [0.1, 0.15) is 13.1 Å². The maximum absolute atomic E-state index is 12.6. The van der Waals surface area contributed by atoms with Gasteiger partial charge in [-0.05, 0) is 12.1 Å². The Kier molecular flexibility index (Phi) is 6.73. The summed E-state index contributed by atoms with van der Waals surface area (Å²) in [5.74, 6) is -1.72. The topological polar surface area (TPSA) is 117 Å². The minimum Gasteiger partial charge on any atom is -0.468 e. The molecule has 0 bridgehead atoms. The first kappa shape index (κ1) is 19.4. The Bertz CT molecular complexity index is 895. The highest BCUT2D eigenvalue weighted by Crippen LogP contribution is 2.17. The van der Waals surface area contributed by atoms with Gasteiger partial charge in [-0.25, -0.2) is 4.98 Å². The largest absolute Gasteiger partial charge is 0.468 e. The van der Waals surface area contributed by atoms with Gasteiger partial charge in [-0.1, -0.05) is 23.9 Å². The lowest BCUT2D eigenvalue weighted by molar-refractivity contribution is -0.142. The van der Waals surface area contributed by atoms with Crippen molar-refractivity contribution >= 4 is 40.5 Å². The maximum atomic E-state index is 12.6. The second-order valence-corrected chi connectivity index (χ2v) is 5.96. The normalized spacial score (nSPS) is 10.4. The van der Waals surface area contributed by atoms with Crippen molar-refractivity contribution in [3.05, 3.63) is 34.6 Å². The van der Waals surface area contributed by atoms with Crippen LogP contribution < -0.4 is 10.9 Å². The van der Waals surface area contributed by atoms with Gasteiger partial charge in [0.25, 0.3) is 5.56 Å². The molecule has 0 saturated carbocycles. The van der Waals surface area contributed by atoms with Gasteiger partial charge >= 0.3 is 11.9 Å². The van der Waals surface area contributed by atoms with Crippen molar-refractivity contribution in [3.63, 3.8) is 0 Å². The highest BCUT2D eigenvalue weighted by atomic mass is 32.2. The van der Waals surface area contributed by atoms with Crippen molar-refractivity contribution in [3.8, 4) is 0 Å². The SMILES string of the molecule is COC(=O)CNC(=O)CSc1nc2ccccc2c(=O)n1CC(=O)OC. The van der Waals surface area contributed by atoms with Gasteiger partial charge in [-0.15, -0.1) is 0 Å². The van der Waals surface area contributed by atoms with E-state index in [1.165, 1.54) is 14.2 Å². The summed E-state index contributed by atoms with van der Waals surface area (Å²) >= 11 is 0.976. The number of amides is 1. The number of nitrogens with zero attached hydrogens (tertiary/aromatic N) is 2. The fraction of sp³-hybridized carbons (Fsp3) is 0.312. The monoisotopic (exact) mass is 379 g/mol. The number of aromatic nitrogens is 2. The zero-order chi connectivity index (χ0) is 19.1. The first-order chi connectivity index (χ1) is 12.5. The molecule has 26 heavy (non-hydrogen) atoms. The lowest BCUT2D eigenvalue weighted by Gasteiger charge is -2.12. The highest BCUT2D eigenvalue weighted by Gasteiger charge is 2.16. The molecule has 2 rings (SSSR count). The van der Waals surface area contributed by atoms with Crippen LogP contribution in [0.15, 0.2) is 34.2 Å². The summed E-state index contributed by atoms with van der Waals surface area (Å²) in [6, 6.07) is 6.70. The summed E-state index contributed by atoms with van der Waals surface area (Å²) in [4.78, 5) is 51.5. The van der Waals surface area contributed by atoms with Crippen LogP contribution in [0.25, 0.3) is 10.9 Å². The zero-order valence-electron chi connectivity index (χ0n) is 14.2. The van der Waals surface area contributed by atoms with E-state index in [0.717, 1.165) is 16.3 Å². The van der Waals surface area contributed by atoms with E-state index < -0.39 is 23.4 Å². The highest BCUT2D eigenvalue weighted by molar-refractivity contribution is 7.99. The third-order valence-corrected chi connectivity index (χ3v) is 4.31. The smallest absolute Gasteiger partial charge is 0.325 e. The zero-order valence-corrected chi connectivity index (χ0v) is 15.0. The number of nitrogens with one attached hydrogen (secondary N) is 1. The lowest BCUT2D eigenvalue weighted by atomic mass is 10.2. The van der Waals surface area contributed by atoms with Crippen molar-refractivity contribution in [2.75, 3.05) is 26.5 Å². The Hall–Kier alpha value is -2.88. The van der Waals surface area contributed by atoms with Crippen molar-refractivity contribution in [2.24, 2.45) is 0 Å². The molecular formula is C16H17N3O6S. The molecule has 0 atom stereocenters. The summed E-state index contributed by atoms with van der Waals surface area (Å²) in [5, 5.41) is 2.94. The number of esters is 2. The van der Waals surface area contributed by atoms with Gasteiger partial charge in [-0.3, -0.25) is 23.7 Å². The van der Waals surface area contributed by atoms with E-state index in [9.17, 15) is 19.2 Å². The lowest BCUT2D eigenvalue weighted by Crippen LogP contribution is -2.32. The predicted molar refractivity (Wildman–Crippen MR) is 93.8 cm³/mol. The molecule has 0 saturated heterocycles. The molecule has 0 aliphatic carbocycles. The van der Waals surface area contributed by atoms with Gasteiger partial charge in [0.2, 0.25) is 5.91 Å². The summed E-state index contributed by atoms with van der Waals surface area (Å²) in [6.07, 6.45) is 0. The Morgan fingerprint density at radius 1 is 1.15 bits per heavy atom. The van der Waals surface area contributed by atoms with Gasteiger partial charge in [0.15, 0.2) is 5.16 Å². The molecule has 0 radical (unpaired) electrons. The number of fused-ring (bicyclic) bond motifs is 1. The number of methoxy groups -OCH3 is 2. The fourth-order valence-corrected chi connectivity index (χ4v) is 2.84. The molecule has 138 valence electrons. The van der Waals surface area contributed by atoms with E-state index in [1.54, 1.807) is 24.3 Å². The molecule has 0 aliphatic rings. The van der Waals surface area contributed by atoms with Crippen LogP contribution in [0.4, 0.5) is 0 Å². The third-order valence-electron chi connectivity index (χ3n) is 3.33. The average Bonchev–Trinajstić information content (AvgIpc) is 2.66. The van der Waals surface area contributed by atoms with E-state index in [1.807, 2.05) is 0 Å². The number of hydrogen-bond donors (Lipinski definition) is 1. The first-order valence-corrected chi connectivity index (χ1v) is 8.47. The summed E-state index contributed by atoms with van der Waals surface area (Å²) < 4.78 is 10.2. The van der Waals surface area contributed by atoms with Crippen LogP contribution in [-0.2, 0) is 30.4 Å². The van der Waals surface area contributed by atoms with Gasteiger partial charge < -0.3 is 14.8 Å². The molecule has 1 aromatic heterocycles. The number of carbonyl (C=O) groups excluding carboxylic acids is 3. The van der Waals surface area contributed by atoms with Gasteiger partial charge in [0, 0.05) is 0 Å². The number of benzene rings is 1. The van der Waals surface area contributed by atoms with Crippen molar-refractivity contribution in [2.45, 2.75) is 11.7 Å². The van der Waals surface area contributed by atoms with E-state index in [4.69, 9.17) is 0 Å².